The topological polar surface area (TPSA) is 80.6 Å². The molecule has 2 atom stereocenters. The number of methoxy groups -OCH3 is 1. The number of ether oxygens (including phenoxy) is 1. The Hall–Kier alpha value is -3.09. The Morgan fingerprint density at radius 2 is 1.85 bits per heavy atom. The second-order valence-electron chi connectivity index (χ2n) is 7.10. The van der Waals surface area contributed by atoms with Gasteiger partial charge in [-0.3, -0.25) is 4.79 Å². The lowest BCUT2D eigenvalue weighted by molar-refractivity contribution is 0.0600. The van der Waals surface area contributed by atoms with E-state index in [1.54, 1.807) is 36.4 Å². The first-order valence-electron chi connectivity index (χ1n) is 8.99. The molecule has 2 amide bonds. The highest BCUT2D eigenvalue weighted by Crippen LogP contribution is 2.35. The second kappa shape index (κ2) is 6.90. The minimum absolute atomic E-state index is 0.0331. The first-order chi connectivity index (χ1) is 13.0. The average Bonchev–Trinajstić information content (AvgIpc) is 2.68. The molecule has 0 spiro atoms. The molecule has 0 saturated carbocycles. The van der Waals surface area contributed by atoms with Gasteiger partial charge in [-0.1, -0.05) is 6.07 Å². The molecule has 0 aliphatic carbocycles. The maximum Gasteiger partial charge on any atom is 0.337 e. The van der Waals surface area contributed by atoms with E-state index >= 15 is 0 Å². The van der Waals surface area contributed by atoms with E-state index in [4.69, 9.17) is 0 Å². The largest absolute Gasteiger partial charge is 0.465 e. The smallest absolute Gasteiger partial charge is 0.337 e. The van der Waals surface area contributed by atoms with Gasteiger partial charge in [0, 0.05) is 43.0 Å². The van der Waals surface area contributed by atoms with Crippen LogP contribution < -0.4 is 10.9 Å². The molecule has 2 aliphatic heterocycles. The van der Waals surface area contributed by atoms with Crippen molar-refractivity contribution in [2.24, 2.45) is 5.92 Å². The Balaban J connectivity index is 1.46. The maximum atomic E-state index is 12.7. The molecule has 2 bridgehead atoms. The average molecular weight is 367 g/mol. The van der Waals surface area contributed by atoms with Gasteiger partial charge in [0.1, 0.15) is 0 Å². The Morgan fingerprint density at radius 1 is 1.07 bits per heavy atom. The summed E-state index contributed by atoms with van der Waals surface area (Å²) in [4.78, 5) is 38.1. The van der Waals surface area contributed by atoms with Gasteiger partial charge in [-0.2, -0.15) is 0 Å². The fourth-order valence-electron chi connectivity index (χ4n) is 4.07. The van der Waals surface area contributed by atoms with E-state index in [2.05, 4.69) is 10.1 Å². The van der Waals surface area contributed by atoms with E-state index in [-0.39, 0.29) is 23.4 Å². The van der Waals surface area contributed by atoms with Crippen LogP contribution in [0, 0.1) is 5.92 Å². The molecule has 27 heavy (non-hydrogen) atoms. The molecule has 2 aromatic rings. The zero-order valence-corrected chi connectivity index (χ0v) is 15.1. The van der Waals surface area contributed by atoms with Crippen LogP contribution in [-0.2, 0) is 11.3 Å². The van der Waals surface area contributed by atoms with Gasteiger partial charge < -0.3 is 19.5 Å². The first-order valence-corrected chi connectivity index (χ1v) is 8.99. The van der Waals surface area contributed by atoms with Crippen molar-refractivity contribution in [3.8, 4) is 0 Å². The number of carbonyl (C=O) groups is 2. The van der Waals surface area contributed by atoms with Gasteiger partial charge in [-0.25, -0.2) is 9.59 Å². The van der Waals surface area contributed by atoms with Crippen LogP contribution in [0.2, 0.25) is 0 Å². The number of likely N-dealkylation sites (tertiary alicyclic amines) is 1. The fraction of sp³-hybridized carbons (Fsp3) is 0.350. The molecular weight excluding hydrogens is 346 g/mol. The van der Waals surface area contributed by atoms with Crippen molar-refractivity contribution in [2.75, 3.05) is 25.5 Å². The molecule has 1 aromatic carbocycles. The molecule has 1 fully saturated rings. The number of amides is 2. The predicted octanol–water partition coefficient (Wildman–Crippen LogP) is 2.29. The van der Waals surface area contributed by atoms with Crippen LogP contribution in [0.25, 0.3) is 0 Å². The highest BCUT2D eigenvalue weighted by atomic mass is 16.5. The van der Waals surface area contributed by atoms with Gasteiger partial charge >= 0.3 is 12.0 Å². The number of esters is 1. The Morgan fingerprint density at radius 3 is 2.59 bits per heavy atom. The van der Waals surface area contributed by atoms with E-state index in [0.29, 0.717) is 30.9 Å². The van der Waals surface area contributed by atoms with Crippen LogP contribution >= 0.6 is 0 Å². The normalized spacial score (nSPS) is 20.6. The number of nitrogens with zero attached hydrogens (tertiary/aromatic N) is 2. The standard InChI is InChI=1S/C20H21N3O4/c1-27-19(25)14-5-7-16(8-6-14)21-20(26)22-10-13-9-15(12-22)17-3-2-4-18(24)23(17)11-13/h2-8,13,15H,9-12H2,1H3,(H,21,26). The maximum absolute atomic E-state index is 12.7. The summed E-state index contributed by atoms with van der Waals surface area (Å²) in [7, 11) is 1.33. The molecule has 4 rings (SSSR count). The SMILES string of the molecule is COC(=O)c1ccc(NC(=O)N2CC3CC(C2)c2cccc(=O)n2C3)cc1. The molecule has 2 unspecified atom stereocenters. The van der Waals surface area contributed by atoms with E-state index in [9.17, 15) is 14.4 Å². The van der Waals surface area contributed by atoms with Crippen molar-refractivity contribution in [3.05, 3.63) is 64.1 Å². The number of rotatable bonds is 2. The number of hydrogen-bond acceptors (Lipinski definition) is 4. The Kier molecular flexibility index (Phi) is 4.43. The highest BCUT2D eigenvalue weighted by molar-refractivity contribution is 5.92. The number of urea groups is 1. The highest BCUT2D eigenvalue weighted by Gasteiger charge is 2.36. The number of piperidine rings is 1. The molecule has 140 valence electrons. The van der Waals surface area contributed by atoms with Gasteiger partial charge in [-0.05, 0) is 42.7 Å². The molecule has 1 saturated heterocycles. The number of hydrogen-bond donors (Lipinski definition) is 1. The van der Waals surface area contributed by atoms with Crippen molar-refractivity contribution in [1.82, 2.24) is 9.47 Å². The van der Waals surface area contributed by atoms with Crippen molar-refractivity contribution in [3.63, 3.8) is 0 Å². The number of benzene rings is 1. The summed E-state index contributed by atoms with van der Waals surface area (Å²) in [6, 6.07) is 11.8. The minimum Gasteiger partial charge on any atom is -0.465 e. The van der Waals surface area contributed by atoms with E-state index in [1.807, 2.05) is 15.5 Å². The number of carbonyl (C=O) groups excluding carboxylic acids is 2. The molecular formula is C20H21N3O4. The first kappa shape index (κ1) is 17.3. The molecule has 7 nitrogen and oxygen atoms in total. The minimum atomic E-state index is -0.411. The summed E-state index contributed by atoms with van der Waals surface area (Å²) >= 11 is 0. The fourth-order valence-corrected chi connectivity index (χ4v) is 4.07. The summed E-state index contributed by atoms with van der Waals surface area (Å²) in [5.41, 5.74) is 2.11. The predicted molar refractivity (Wildman–Crippen MR) is 99.9 cm³/mol. The third-order valence-corrected chi connectivity index (χ3v) is 5.32. The summed E-state index contributed by atoms with van der Waals surface area (Å²) in [5, 5.41) is 2.89. The summed E-state index contributed by atoms with van der Waals surface area (Å²) in [6.07, 6.45) is 1.00. The lowest BCUT2D eigenvalue weighted by Crippen LogP contribution is -2.50. The van der Waals surface area contributed by atoms with Crippen LogP contribution in [0.1, 0.15) is 28.4 Å². The van der Waals surface area contributed by atoms with E-state index in [0.717, 1.165) is 12.1 Å². The molecule has 1 N–H and O–H groups in total. The van der Waals surface area contributed by atoms with Crippen molar-refractivity contribution in [1.29, 1.82) is 0 Å². The van der Waals surface area contributed by atoms with Crippen LogP contribution in [-0.4, -0.2) is 41.7 Å². The van der Waals surface area contributed by atoms with E-state index in [1.165, 1.54) is 7.11 Å². The van der Waals surface area contributed by atoms with Gasteiger partial charge in [-0.15, -0.1) is 0 Å². The number of anilines is 1. The van der Waals surface area contributed by atoms with Crippen LogP contribution in [0.15, 0.2) is 47.3 Å². The lowest BCUT2D eigenvalue weighted by Gasteiger charge is -2.42. The monoisotopic (exact) mass is 367 g/mol. The number of fused-ring (bicyclic) bond motifs is 4. The Labute approximate surface area is 156 Å². The van der Waals surface area contributed by atoms with Crippen molar-refractivity contribution >= 4 is 17.7 Å². The van der Waals surface area contributed by atoms with Crippen LogP contribution in [0.3, 0.4) is 0 Å². The van der Waals surface area contributed by atoms with Gasteiger partial charge in [0.05, 0.1) is 12.7 Å². The zero-order chi connectivity index (χ0) is 19.0. The summed E-state index contributed by atoms with van der Waals surface area (Å²) < 4.78 is 6.52. The van der Waals surface area contributed by atoms with Gasteiger partial charge in [0.15, 0.2) is 0 Å². The van der Waals surface area contributed by atoms with E-state index < -0.39 is 5.97 Å². The second-order valence-corrected chi connectivity index (χ2v) is 7.10. The lowest BCUT2D eigenvalue weighted by atomic mass is 9.83. The van der Waals surface area contributed by atoms with Crippen molar-refractivity contribution in [2.45, 2.75) is 18.9 Å². The molecule has 2 aliphatic rings. The van der Waals surface area contributed by atoms with Crippen LogP contribution in [0.4, 0.5) is 10.5 Å². The summed E-state index contributed by atoms with van der Waals surface area (Å²) in [6.45, 7) is 1.87. The molecule has 1 aromatic heterocycles. The number of nitrogens with one attached hydrogen (secondary N) is 1. The quantitative estimate of drug-likeness (QED) is 0.826. The third kappa shape index (κ3) is 3.32. The third-order valence-electron chi connectivity index (χ3n) is 5.32. The van der Waals surface area contributed by atoms with Gasteiger partial charge in [0.2, 0.25) is 0 Å². The molecule has 7 heteroatoms. The Bertz CT molecular complexity index is 935. The number of aromatic nitrogens is 1. The van der Waals surface area contributed by atoms with Crippen LogP contribution in [0.5, 0.6) is 0 Å². The molecule has 3 heterocycles. The zero-order valence-electron chi connectivity index (χ0n) is 15.1. The van der Waals surface area contributed by atoms with Gasteiger partial charge in [0.25, 0.3) is 5.56 Å². The summed E-state index contributed by atoms with van der Waals surface area (Å²) in [5.74, 6) is 0.0493. The van der Waals surface area contributed by atoms with Crippen molar-refractivity contribution < 1.29 is 14.3 Å². The number of pyridine rings is 1. The molecule has 0 radical (unpaired) electrons.